The van der Waals surface area contributed by atoms with E-state index in [1.54, 1.807) is 18.3 Å². The van der Waals surface area contributed by atoms with E-state index in [0.717, 1.165) is 8.96 Å². The van der Waals surface area contributed by atoms with Crippen LogP contribution in [0.4, 0.5) is 5.69 Å². The third-order valence-electron chi connectivity index (χ3n) is 4.10. The second kappa shape index (κ2) is 7.45. The number of aromatic nitrogens is 1. The van der Waals surface area contributed by atoms with E-state index >= 15 is 0 Å². The van der Waals surface area contributed by atoms with Gasteiger partial charge in [-0.05, 0) is 40.8 Å². The molecule has 2 aromatic carbocycles. The summed E-state index contributed by atoms with van der Waals surface area (Å²) in [5.41, 5.74) is 1.81. The normalized spacial score (nSPS) is 13.1. The zero-order valence-electron chi connectivity index (χ0n) is 13.8. The first-order chi connectivity index (χ1) is 13.0. The molecule has 3 aromatic rings. The van der Waals surface area contributed by atoms with Gasteiger partial charge in [-0.3, -0.25) is 15.1 Å². The molecule has 9 heteroatoms. The van der Waals surface area contributed by atoms with Gasteiger partial charge in [-0.25, -0.2) is 0 Å². The monoisotopic (exact) mass is 498 g/mol. The molecule has 0 radical (unpaired) electrons. The van der Waals surface area contributed by atoms with Crippen molar-refractivity contribution >= 4 is 50.8 Å². The zero-order valence-corrected chi connectivity index (χ0v) is 16.7. The first-order valence-electron chi connectivity index (χ1n) is 7.91. The largest absolute Gasteiger partial charge is 0.485 e. The molecule has 0 spiro atoms. The molecule has 0 amide bonds. The highest BCUT2D eigenvalue weighted by molar-refractivity contribution is 14.1. The minimum Gasteiger partial charge on any atom is -0.485 e. The summed E-state index contributed by atoms with van der Waals surface area (Å²) >= 11 is 8.42. The summed E-state index contributed by atoms with van der Waals surface area (Å²) in [5, 5.41) is 12.6. The van der Waals surface area contributed by atoms with E-state index in [0.29, 0.717) is 33.2 Å². The molecule has 1 aromatic heterocycles. The van der Waals surface area contributed by atoms with Crippen molar-refractivity contribution in [2.45, 2.75) is 13.2 Å². The molecular weight excluding hydrogens is 487 g/mol. The van der Waals surface area contributed by atoms with Crippen molar-refractivity contribution in [2.75, 3.05) is 6.79 Å². The molecule has 0 atom stereocenters. The van der Waals surface area contributed by atoms with Gasteiger partial charge in [0.2, 0.25) is 0 Å². The summed E-state index contributed by atoms with van der Waals surface area (Å²) in [6.07, 6.45) is 1.66. The molecule has 0 fully saturated rings. The van der Waals surface area contributed by atoms with Gasteiger partial charge in [0.25, 0.3) is 5.69 Å². The maximum Gasteiger partial charge on any atom is 0.270 e. The quantitative estimate of drug-likeness (QED) is 0.291. The number of nitro groups is 1. The Bertz CT molecular complexity index is 1060. The molecule has 0 saturated carbocycles. The Morgan fingerprint density at radius 2 is 2.22 bits per heavy atom. The second-order valence-corrected chi connectivity index (χ2v) is 7.39. The van der Waals surface area contributed by atoms with Gasteiger partial charge in [-0.15, -0.1) is 0 Å². The average Bonchev–Trinajstić information content (AvgIpc) is 2.67. The third-order valence-corrected chi connectivity index (χ3v) is 5.22. The lowest BCUT2D eigenvalue weighted by Crippen LogP contribution is -2.14. The zero-order chi connectivity index (χ0) is 19.0. The summed E-state index contributed by atoms with van der Waals surface area (Å²) in [7, 11) is 0. The van der Waals surface area contributed by atoms with Crippen LogP contribution >= 0.6 is 34.2 Å². The van der Waals surface area contributed by atoms with E-state index in [9.17, 15) is 10.1 Å². The van der Waals surface area contributed by atoms with Crippen molar-refractivity contribution in [3.8, 4) is 11.5 Å². The molecule has 7 nitrogen and oxygen atoms in total. The topological polar surface area (TPSA) is 83.7 Å². The molecule has 0 N–H and O–H groups in total. The third kappa shape index (κ3) is 3.52. The van der Waals surface area contributed by atoms with Crippen LogP contribution in [0.2, 0.25) is 5.02 Å². The number of nitrogens with zero attached hydrogens (tertiary/aromatic N) is 2. The Balaban J connectivity index is 1.73. The van der Waals surface area contributed by atoms with Gasteiger partial charge in [0.1, 0.15) is 17.9 Å². The maximum atomic E-state index is 11.2. The van der Waals surface area contributed by atoms with E-state index in [2.05, 4.69) is 27.6 Å². The first-order valence-corrected chi connectivity index (χ1v) is 9.36. The van der Waals surface area contributed by atoms with Crippen LogP contribution in [0.3, 0.4) is 0 Å². The Hall–Kier alpha value is -2.17. The molecule has 2 heterocycles. The fourth-order valence-electron chi connectivity index (χ4n) is 2.93. The molecule has 0 bridgehead atoms. The minimum atomic E-state index is -0.443. The molecule has 4 rings (SSSR count). The molecular formula is C18H12ClIN2O5. The van der Waals surface area contributed by atoms with Crippen LogP contribution in [0.25, 0.3) is 10.9 Å². The number of rotatable bonds is 4. The number of fused-ring (bicyclic) bond motifs is 2. The van der Waals surface area contributed by atoms with Crippen LogP contribution in [-0.2, 0) is 18.0 Å². The Labute approximate surface area is 172 Å². The lowest BCUT2D eigenvalue weighted by Gasteiger charge is -2.21. The number of pyridine rings is 1. The van der Waals surface area contributed by atoms with Gasteiger partial charge in [0.05, 0.1) is 20.1 Å². The maximum absolute atomic E-state index is 11.2. The number of hydrogen-bond acceptors (Lipinski definition) is 6. The van der Waals surface area contributed by atoms with Gasteiger partial charge in [0.15, 0.2) is 12.5 Å². The highest BCUT2D eigenvalue weighted by atomic mass is 127. The van der Waals surface area contributed by atoms with Gasteiger partial charge in [0, 0.05) is 34.8 Å². The number of nitro benzene ring substituents is 1. The van der Waals surface area contributed by atoms with Crippen LogP contribution in [0.5, 0.6) is 11.5 Å². The van der Waals surface area contributed by atoms with E-state index < -0.39 is 4.92 Å². The number of halogens is 2. The number of non-ortho nitro benzene ring substituents is 1. The Morgan fingerprint density at radius 1 is 1.37 bits per heavy atom. The van der Waals surface area contributed by atoms with Crippen LogP contribution in [-0.4, -0.2) is 16.7 Å². The van der Waals surface area contributed by atoms with Crippen LogP contribution < -0.4 is 9.47 Å². The van der Waals surface area contributed by atoms with Gasteiger partial charge >= 0.3 is 0 Å². The summed E-state index contributed by atoms with van der Waals surface area (Å²) in [4.78, 5) is 15.2. The molecule has 27 heavy (non-hydrogen) atoms. The second-order valence-electron chi connectivity index (χ2n) is 5.82. The van der Waals surface area contributed by atoms with Crippen molar-refractivity contribution in [3.63, 3.8) is 0 Å². The average molecular weight is 499 g/mol. The van der Waals surface area contributed by atoms with Crippen LogP contribution in [0, 0.1) is 13.7 Å². The van der Waals surface area contributed by atoms with E-state index in [1.165, 1.54) is 12.1 Å². The van der Waals surface area contributed by atoms with Crippen molar-refractivity contribution in [1.29, 1.82) is 0 Å². The Morgan fingerprint density at radius 3 is 3.04 bits per heavy atom. The number of ether oxygens (including phenoxy) is 3. The molecule has 1 aliphatic heterocycles. The highest BCUT2D eigenvalue weighted by Gasteiger charge is 2.22. The van der Waals surface area contributed by atoms with E-state index in [1.807, 2.05) is 6.07 Å². The van der Waals surface area contributed by atoms with Gasteiger partial charge in [-0.2, -0.15) is 0 Å². The summed E-state index contributed by atoms with van der Waals surface area (Å²) < 4.78 is 17.6. The van der Waals surface area contributed by atoms with Crippen molar-refractivity contribution < 1.29 is 19.1 Å². The van der Waals surface area contributed by atoms with Crippen molar-refractivity contribution in [2.24, 2.45) is 0 Å². The first kappa shape index (κ1) is 18.2. The van der Waals surface area contributed by atoms with Gasteiger partial charge < -0.3 is 14.2 Å². The fourth-order valence-corrected chi connectivity index (χ4v) is 4.10. The molecule has 1 aliphatic rings. The van der Waals surface area contributed by atoms with Crippen LogP contribution in [0.1, 0.15) is 11.1 Å². The summed E-state index contributed by atoms with van der Waals surface area (Å²) in [6, 6.07) is 8.39. The van der Waals surface area contributed by atoms with Crippen molar-refractivity contribution in [3.05, 3.63) is 66.4 Å². The van der Waals surface area contributed by atoms with Crippen molar-refractivity contribution in [1.82, 2.24) is 4.98 Å². The minimum absolute atomic E-state index is 0.0322. The van der Waals surface area contributed by atoms with E-state index in [4.69, 9.17) is 25.8 Å². The lowest BCUT2D eigenvalue weighted by atomic mass is 10.1. The van der Waals surface area contributed by atoms with E-state index in [-0.39, 0.29) is 25.7 Å². The molecule has 0 unspecified atom stereocenters. The molecule has 138 valence electrons. The summed E-state index contributed by atoms with van der Waals surface area (Å²) in [6.45, 7) is 0.446. The fraction of sp³-hybridized carbons (Fsp3) is 0.167. The predicted molar refractivity (Wildman–Crippen MR) is 107 cm³/mol. The highest BCUT2D eigenvalue weighted by Crippen LogP contribution is 2.37. The lowest BCUT2D eigenvalue weighted by molar-refractivity contribution is -0.385. The molecule has 0 aliphatic carbocycles. The predicted octanol–water partition coefficient (Wildman–Crippen LogP) is 4.85. The number of hydrogen-bond donors (Lipinski definition) is 0. The smallest absolute Gasteiger partial charge is 0.270 e. The van der Waals surface area contributed by atoms with Crippen LogP contribution in [0.15, 0.2) is 36.5 Å². The molecule has 0 saturated heterocycles. The Kier molecular flexibility index (Phi) is 5.02. The standard InChI is InChI=1S/C18H12ClIN2O5/c19-14-6-15(20)18(16-13(14)2-1-3-21-16)26-8-11-5-12(22(23)24)4-10-7-25-9-27-17(10)11/h1-6H,7-9H2. The SMILES string of the molecule is O=[N+]([O-])c1cc2c(c(COc3c(I)cc(Cl)c4cccnc34)c1)OCOC2. The van der Waals surface area contributed by atoms with Gasteiger partial charge in [-0.1, -0.05) is 11.6 Å². The number of benzene rings is 2. The summed E-state index contributed by atoms with van der Waals surface area (Å²) in [5.74, 6) is 1.14.